The van der Waals surface area contributed by atoms with Gasteiger partial charge in [-0.2, -0.15) is 0 Å². The van der Waals surface area contributed by atoms with Gasteiger partial charge >= 0.3 is 5.97 Å². The Kier molecular flexibility index (Phi) is 2.74. The molecular weight excluding hydrogens is 250 g/mol. The topological polar surface area (TPSA) is 79.2 Å². The van der Waals surface area contributed by atoms with Gasteiger partial charge in [-0.1, -0.05) is 0 Å². The van der Waals surface area contributed by atoms with E-state index < -0.39 is 11.6 Å². The van der Waals surface area contributed by atoms with E-state index in [0.717, 1.165) is 5.69 Å². The molecule has 19 heavy (non-hydrogen) atoms. The summed E-state index contributed by atoms with van der Waals surface area (Å²) in [6.07, 6.45) is 0.224. The van der Waals surface area contributed by atoms with Crippen LogP contribution in [0.1, 0.15) is 12.8 Å². The molecule has 6 nitrogen and oxygen atoms in total. The number of β-amino-alcohol motifs (C(OH)–C–C–N with tert-alkyl or cyclic N) is 1. The molecule has 0 saturated carbocycles. The Morgan fingerprint density at radius 2 is 2.16 bits per heavy atom. The lowest BCUT2D eigenvalue weighted by molar-refractivity contribution is -0.141. The van der Waals surface area contributed by atoms with Crippen LogP contribution >= 0.6 is 0 Å². The fourth-order valence-electron chi connectivity index (χ4n) is 2.58. The van der Waals surface area contributed by atoms with Crippen LogP contribution in [0.5, 0.6) is 11.5 Å². The largest absolute Gasteiger partial charge is 0.481 e. The van der Waals surface area contributed by atoms with E-state index in [0.29, 0.717) is 31.0 Å². The number of ether oxygens (including phenoxy) is 2. The third-order valence-electron chi connectivity index (χ3n) is 3.53. The smallest absolute Gasteiger partial charge is 0.306 e. The van der Waals surface area contributed by atoms with Crippen molar-refractivity contribution in [1.82, 2.24) is 0 Å². The molecule has 3 rings (SSSR count). The number of anilines is 1. The highest BCUT2D eigenvalue weighted by molar-refractivity contribution is 5.69. The van der Waals surface area contributed by atoms with E-state index in [1.54, 1.807) is 0 Å². The molecule has 6 heteroatoms. The van der Waals surface area contributed by atoms with Gasteiger partial charge in [-0.3, -0.25) is 4.79 Å². The van der Waals surface area contributed by atoms with Gasteiger partial charge in [0.25, 0.3) is 0 Å². The number of hydrogen-bond acceptors (Lipinski definition) is 5. The average Bonchev–Trinajstić information content (AvgIpc) is 2.93. The standard InChI is InChI=1S/C13H15NO5/c15-12(16)6-13(17)3-4-14(7-13)9-1-2-10-11(5-9)19-8-18-10/h1-2,5,17H,3-4,6-8H2,(H,15,16). The van der Waals surface area contributed by atoms with Crippen LogP contribution < -0.4 is 14.4 Å². The van der Waals surface area contributed by atoms with Gasteiger partial charge in [0, 0.05) is 24.8 Å². The van der Waals surface area contributed by atoms with Gasteiger partial charge in [-0.05, 0) is 18.6 Å². The van der Waals surface area contributed by atoms with Crippen molar-refractivity contribution in [3.05, 3.63) is 18.2 Å². The summed E-state index contributed by atoms with van der Waals surface area (Å²) < 4.78 is 10.6. The maximum atomic E-state index is 10.7. The molecule has 1 atom stereocenters. The third kappa shape index (κ3) is 2.31. The second kappa shape index (κ2) is 4.31. The molecule has 1 unspecified atom stereocenters. The van der Waals surface area contributed by atoms with Crippen molar-refractivity contribution in [2.24, 2.45) is 0 Å². The van der Waals surface area contributed by atoms with Crippen molar-refractivity contribution in [1.29, 1.82) is 0 Å². The fourth-order valence-corrected chi connectivity index (χ4v) is 2.58. The van der Waals surface area contributed by atoms with Gasteiger partial charge in [-0.25, -0.2) is 0 Å². The zero-order valence-corrected chi connectivity index (χ0v) is 10.3. The van der Waals surface area contributed by atoms with Crippen molar-refractivity contribution in [2.45, 2.75) is 18.4 Å². The first kappa shape index (κ1) is 12.1. The highest BCUT2D eigenvalue weighted by atomic mass is 16.7. The summed E-state index contributed by atoms with van der Waals surface area (Å²) in [5, 5.41) is 19.0. The monoisotopic (exact) mass is 265 g/mol. The van der Waals surface area contributed by atoms with E-state index in [1.165, 1.54) is 0 Å². The Balaban J connectivity index is 1.76. The number of carboxylic acids is 1. The number of carbonyl (C=O) groups is 1. The third-order valence-corrected chi connectivity index (χ3v) is 3.53. The summed E-state index contributed by atoms with van der Waals surface area (Å²) in [5.74, 6) is 0.421. The number of aliphatic carboxylic acids is 1. The number of rotatable bonds is 3. The lowest BCUT2D eigenvalue weighted by Crippen LogP contribution is -2.35. The maximum Gasteiger partial charge on any atom is 0.306 e. The number of benzene rings is 1. The van der Waals surface area contributed by atoms with Crippen LogP contribution in [0.15, 0.2) is 18.2 Å². The molecule has 1 saturated heterocycles. The molecule has 0 amide bonds. The van der Waals surface area contributed by atoms with Crippen LogP contribution in [0.2, 0.25) is 0 Å². The molecule has 2 heterocycles. The van der Waals surface area contributed by atoms with Crippen LogP contribution in [0.4, 0.5) is 5.69 Å². The van der Waals surface area contributed by atoms with E-state index in [9.17, 15) is 9.90 Å². The van der Waals surface area contributed by atoms with Crippen molar-refractivity contribution in [3.63, 3.8) is 0 Å². The lowest BCUT2D eigenvalue weighted by atomic mass is 9.99. The summed E-state index contributed by atoms with van der Waals surface area (Å²) in [6, 6.07) is 5.57. The average molecular weight is 265 g/mol. The lowest BCUT2D eigenvalue weighted by Gasteiger charge is -2.23. The highest BCUT2D eigenvalue weighted by Gasteiger charge is 2.38. The minimum atomic E-state index is -1.15. The van der Waals surface area contributed by atoms with Crippen molar-refractivity contribution in [2.75, 3.05) is 24.8 Å². The normalized spacial score (nSPS) is 24.8. The van der Waals surface area contributed by atoms with Crippen LogP contribution in [0.25, 0.3) is 0 Å². The quantitative estimate of drug-likeness (QED) is 0.842. The molecule has 1 aromatic carbocycles. The molecule has 0 spiro atoms. The minimum Gasteiger partial charge on any atom is -0.481 e. The first-order chi connectivity index (χ1) is 9.06. The number of nitrogens with zero attached hydrogens (tertiary/aromatic N) is 1. The van der Waals surface area contributed by atoms with Crippen LogP contribution in [0, 0.1) is 0 Å². The summed E-state index contributed by atoms with van der Waals surface area (Å²) in [7, 11) is 0. The molecule has 1 aromatic rings. The molecule has 1 fully saturated rings. The van der Waals surface area contributed by atoms with Crippen LogP contribution in [-0.4, -0.2) is 41.7 Å². The number of aliphatic hydroxyl groups is 1. The summed E-state index contributed by atoms with van der Waals surface area (Å²) in [4.78, 5) is 12.7. The van der Waals surface area contributed by atoms with Gasteiger partial charge < -0.3 is 24.6 Å². The Bertz CT molecular complexity index is 518. The predicted molar refractivity (Wildman–Crippen MR) is 66.6 cm³/mol. The number of hydrogen-bond donors (Lipinski definition) is 2. The second-order valence-corrected chi connectivity index (χ2v) is 5.00. The SMILES string of the molecule is O=C(O)CC1(O)CCN(c2ccc3c(c2)OCO3)C1. The maximum absolute atomic E-state index is 10.7. The Morgan fingerprint density at radius 3 is 2.95 bits per heavy atom. The van der Waals surface area contributed by atoms with Crippen molar-refractivity contribution < 1.29 is 24.5 Å². The molecule has 2 aliphatic rings. The molecule has 0 aliphatic carbocycles. The van der Waals surface area contributed by atoms with E-state index in [-0.39, 0.29) is 13.2 Å². The Hall–Kier alpha value is -1.95. The first-order valence-corrected chi connectivity index (χ1v) is 6.15. The molecule has 0 bridgehead atoms. The van der Waals surface area contributed by atoms with E-state index in [4.69, 9.17) is 14.6 Å². The molecule has 102 valence electrons. The van der Waals surface area contributed by atoms with Gasteiger partial charge in [0.15, 0.2) is 11.5 Å². The van der Waals surface area contributed by atoms with Crippen LogP contribution in [0.3, 0.4) is 0 Å². The first-order valence-electron chi connectivity index (χ1n) is 6.15. The number of carboxylic acid groups (broad SMARTS) is 1. The zero-order valence-electron chi connectivity index (χ0n) is 10.3. The minimum absolute atomic E-state index is 0.224. The second-order valence-electron chi connectivity index (χ2n) is 5.00. The van der Waals surface area contributed by atoms with Crippen molar-refractivity contribution >= 4 is 11.7 Å². The molecule has 0 aromatic heterocycles. The highest BCUT2D eigenvalue weighted by Crippen LogP contribution is 2.37. The summed E-state index contributed by atoms with van der Waals surface area (Å²) in [5.41, 5.74) is -0.243. The zero-order chi connectivity index (χ0) is 13.5. The van der Waals surface area contributed by atoms with E-state index in [1.807, 2.05) is 23.1 Å². The fraction of sp³-hybridized carbons (Fsp3) is 0.462. The molecular formula is C13H15NO5. The summed E-state index contributed by atoms with van der Waals surface area (Å²) >= 11 is 0. The van der Waals surface area contributed by atoms with Crippen molar-refractivity contribution in [3.8, 4) is 11.5 Å². The molecule has 2 N–H and O–H groups in total. The number of fused-ring (bicyclic) bond motifs is 1. The van der Waals surface area contributed by atoms with Gasteiger partial charge in [0.2, 0.25) is 6.79 Å². The van der Waals surface area contributed by atoms with Crippen LogP contribution in [-0.2, 0) is 4.79 Å². The van der Waals surface area contributed by atoms with Gasteiger partial charge in [0.1, 0.15) is 0 Å². The van der Waals surface area contributed by atoms with E-state index >= 15 is 0 Å². The van der Waals surface area contributed by atoms with E-state index in [2.05, 4.69) is 0 Å². The van der Waals surface area contributed by atoms with Gasteiger partial charge in [-0.15, -0.1) is 0 Å². The van der Waals surface area contributed by atoms with Gasteiger partial charge in [0.05, 0.1) is 12.0 Å². The predicted octanol–water partition coefficient (Wildman–Crippen LogP) is 0.831. The Labute approximate surface area is 110 Å². The Morgan fingerprint density at radius 1 is 1.37 bits per heavy atom. The molecule has 0 radical (unpaired) electrons. The summed E-state index contributed by atoms with van der Waals surface area (Å²) in [6.45, 7) is 1.17. The molecule has 2 aliphatic heterocycles.